The van der Waals surface area contributed by atoms with E-state index in [4.69, 9.17) is 13.9 Å². The Hall–Kier alpha value is 1.07. The molecule has 1 fully saturated rings. The summed E-state index contributed by atoms with van der Waals surface area (Å²) in [5.74, 6) is 0. The summed E-state index contributed by atoms with van der Waals surface area (Å²) in [5, 5.41) is 1.34. The summed E-state index contributed by atoms with van der Waals surface area (Å²) in [6.07, 6.45) is 0. The Kier molecular flexibility index (Phi) is 3.78. The van der Waals surface area contributed by atoms with E-state index in [0.717, 1.165) is 0 Å². The van der Waals surface area contributed by atoms with Crippen LogP contribution in [0.25, 0.3) is 0 Å². The highest BCUT2D eigenvalue weighted by Gasteiger charge is 2.40. The summed E-state index contributed by atoms with van der Waals surface area (Å²) in [4.78, 5) is 8.88. The van der Waals surface area contributed by atoms with E-state index in [0.29, 0.717) is 10.7 Å². The van der Waals surface area contributed by atoms with Crippen LogP contribution in [0, 0.1) is 5.41 Å². The predicted octanol–water partition coefficient (Wildman–Crippen LogP) is 1.91. The summed E-state index contributed by atoms with van der Waals surface area (Å²) in [6, 6.07) is 0. The largest absolute Gasteiger partial charge is 0.472 e. The van der Waals surface area contributed by atoms with Gasteiger partial charge >= 0.3 is 7.82 Å². The van der Waals surface area contributed by atoms with Crippen LogP contribution in [0.15, 0.2) is 0 Å². The molecule has 0 aromatic rings. The number of phosphoric acid groups is 1. The molecular weight excluding hydrogens is 315 g/mol. The molecular formula is C5H9Br2O4P. The highest BCUT2D eigenvalue weighted by atomic mass is 79.9. The second-order valence-electron chi connectivity index (χ2n) is 2.78. The Balaban J connectivity index is 2.59. The first-order valence-electron chi connectivity index (χ1n) is 3.27. The molecule has 0 spiro atoms. The fourth-order valence-corrected chi connectivity index (χ4v) is 3.23. The molecule has 0 radical (unpaired) electrons. The van der Waals surface area contributed by atoms with Crippen LogP contribution in [-0.2, 0) is 13.6 Å². The topological polar surface area (TPSA) is 55.8 Å². The standard InChI is InChI=1S/C5H9Br2O4P/c6-1-5(2-7)3-10-12(8,9)11-4-5/h1-4H2,(H,8,9). The van der Waals surface area contributed by atoms with Gasteiger partial charge in [-0.3, -0.25) is 9.05 Å². The second kappa shape index (κ2) is 4.07. The first-order valence-corrected chi connectivity index (χ1v) is 7.01. The van der Waals surface area contributed by atoms with Crippen LogP contribution in [0.1, 0.15) is 0 Å². The number of hydrogen-bond donors (Lipinski definition) is 1. The number of phosphoric ester groups is 1. The van der Waals surface area contributed by atoms with Gasteiger partial charge in [-0.1, -0.05) is 31.9 Å². The molecule has 0 aliphatic carbocycles. The van der Waals surface area contributed by atoms with Crippen molar-refractivity contribution in [2.24, 2.45) is 5.41 Å². The Labute approximate surface area is 87.5 Å². The number of alkyl halides is 2. The van der Waals surface area contributed by atoms with E-state index in [1.165, 1.54) is 0 Å². The van der Waals surface area contributed by atoms with Crippen LogP contribution in [0.3, 0.4) is 0 Å². The molecule has 0 unspecified atom stereocenters. The Morgan fingerprint density at radius 3 is 2.08 bits per heavy atom. The Morgan fingerprint density at radius 1 is 1.33 bits per heavy atom. The Bertz CT molecular complexity index is 192. The highest BCUT2D eigenvalue weighted by Crippen LogP contribution is 2.50. The molecule has 0 aromatic heterocycles. The van der Waals surface area contributed by atoms with Gasteiger partial charge in [-0.05, 0) is 0 Å². The van der Waals surface area contributed by atoms with E-state index in [1.54, 1.807) is 0 Å². The molecule has 4 nitrogen and oxygen atoms in total. The molecule has 12 heavy (non-hydrogen) atoms. The molecule has 1 aliphatic heterocycles. The lowest BCUT2D eigenvalue weighted by atomic mass is 9.96. The molecule has 7 heteroatoms. The first kappa shape index (κ1) is 11.1. The third-order valence-electron chi connectivity index (χ3n) is 1.63. The van der Waals surface area contributed by atoms with E-state index in [9.17, 15) is 4.57 Å². The molecule has 0 bridgehead atoms. The van der Waals surface area contributed by atoms with Gasteiger partial charge < -0.3 is 4.89 Å². The molecule has 1 N–H and O–H groups in total. The zero-order chi connectivity index (χ0) is 9.24. The highest BCUT2D eigenvalue weighted by molar-refractivity contribution is 9.09. The third kappa shape index (κ3) is 2.53. The average molecular weight is 324 g/mol. The fourth-order valence-electron chi connectivity index (χ4n) is 0.706. The average Bonchev–Trinajstić information content (AvgIpc) is 2.06. The minimum Gasteiger partial charge on any atom is -0.302 e. The summed E-state index contributed by atoms with van der Waals surface area (Å²) >= 11 is 6.61. The number of rotatable bonds is 2. The lowest BCUT2D eigenvalue weighted by Gasteiger charge is -2.34. The van der Waals surface area contributed by atoms with Crippen LogP contribution < -0.4 is 0 Å². The van der Waals surface area contributed by atoms with Gasteiger partial charge in [0.05, 0.1) is 13.2 Å². The summed E-state index contributed by atoms with van der Waals surface area (Å²) in [6.45, 7) is 0.467. The molecule has 0 saturated carbocycles. The van der Waals surface area contributed by atoms with Gasteiger partial charge in [0.25, 0.3) is 0 Å². The van der Waals surface area contributed by atoms with Gasteiger partial charge in [0.2, 0.25) is 0 Å². The van der Waals surface area contributed by atoms with Crippen LogP contribution in [0.4, 0.5) is 0 Å². The van der Waals surface area contributed by atoms with Crippen molar-refractivity contribution in [1.82, 2.24) is 0 Å². The maximum absolute atomic E-state index is 10.8. The zero-order valence-electron chi connectivity index (χ0n) is 6.20. The van der Waals surface area contributed by atoms with E-state index in [2.05, 4.69) is 31.9 Å². The van der Waals surface area contributed by atoms with Crippen molar-refractivity contribution in [3.05, 3.63) is 0 Å². The SMILES string of the molecule is O=P1(O)OCC(CBr)(CBr)CO1. The van der Waals surface area contributed by atoms with Gasteiger partial charge in [0, 0.05) is 16.1 Å². The van der Waals surface area contributed by atoms with Crippen LogP contribution in [0.5, 0.6) is 0 Å². The van der Waals surface area contributed by atoms with Crippen LogP contribution >= 0.6 is 39.7 Å². The minimum absolute atomic E-state index is 0.226. The van der Waals surface area contributed by atoms with E-state index < -0.39 is 7.82 Å². The molecule has 1 aliphatic rings. The number of halogens is 2. The van der Waals surface area contributed by atoms with Crippen LogP contribution in [0.2, 0.25) is 0 Å². The molecule has 1 heterocycles. The van der Waals surface area contributed by atoms with Gasteiger partial charge in [-0.25, -0.2) is 4.57 Å². The van der Waals surface area contributed by atoms with Crippen molar-refractivity contribution in [1.29, 1.82) is 0 Å². The summed E-state index contributed by atoms with van der Waals surface area (Å²) < 4.78 is 20.2. The lowest BCUT2D eigenvalue weighted by molar-refractivity contribution is 0.0213. The molecule has 0 amide bonds. The molecule has 1 saturated heterocycles. The van der Waals surface area contributed by atoms with E-state index in [1.807, 2.05) is 0 Å². The summed E-state index contributed by atoms with van der Waals surface area (Å²) in [5.41, 5.74) is -0.226. The van der Waals surface area contributed by atoms with Crippen molar-refractivity contribution in [2.75, 3.05) is 23.9 Å². The smallest absolute Gasteiger partial charge is 0.302 e. The van der Waals surface area contributed by atoms with Crippen molar-refractivity contribution in [3.63, 3.8) is 0 Å². The Morgan fingerprint density at radius 2 is 1.75 bits per heavy atom. The first-order chi connectivity index (χ1) is 5.54. The second-order valence-corrected chi connectivity index (χ2v) is 5.36. The molecule has 0 atom stereocenters. The zero-order valence-corrected chi connectivity index (χ0v) is 10.3. The lowest BCUT2D eigenvalue weighted by Crippen LogP contribution is -2.38. The van der Waals surface area contributed by atoms with E-state index in [-0.39, 0.29) is 18.6 Å². The van der Waals surface area contributed by atoms with Crippen molar-refractivity contribution in [3.8, 4) is 0 Å². The normalized spacial score (nSPS) is 26.9. The molecule has 72 valence electrons. The molecule has 0 aromatic carbocycles. The maximum Gasteiger partial charge on any atom is 0.472 e. The fraction of sp³-hybridized carbons (Fsp3) is 1.00. The maximum atomic E-state index is 10.8. The quantitative estimate of drug-likeness (QED) is 0.623. The van der Waals surface area contributed by atoms with Gasteiger partial charge in [0.1, 0.15) is 0 Å². The number of hydrogen-bond acceptors (Lipinski definition) is 3. The van der Waals surface area contributed by atoms with E-state index >= 15 is 0 Å². The third-order valence-corrected chi connectivity index (χ3v) is 4.92. The minimum atomic E-state index is -3.73. The van der Waals surface area contributed by atoms with Crippen molar-refractivity contribution < 1.29 is 18.5 Å². The van der Waals surface area contributed by atoms with Gasteiger partial charge in [0.15, 0.2) is 0 Å². The summed E-state index contributed by atoms with van der Waals surface area (Å²) in [7, 11) is -3.73. The van der Waals surface area contributed by atoms with Crippen molar-refractivity contribution >= 4 is 39.7 Å². The van der Waals surface area contributed by atoms with Gasteiger partial charge in [-0.2, -0.15) is 0 Å². The predicted molar refractivity (Wildman–Crippen MR) is 51.8 cm³/mol. The van der Waals surface area contributed by atoms with Crippen molar-refractivity contribution in [2.45, 2.75) is 0 Å². The monoisotopic (exact) mass is 322 g/mol. The van der Waals surface area contributed by atoms with Crippen LogP contribution in [-0.4, -0.2) is 28.8 Å². The molecule has 1 rings (SSSR count). The van der Waals surface area contributed by atoms with Gasteiger partial charge in [-0.15, -0.1) is 0 Å².